The first kappa shape index (κ1) is 18.2. The molecular weight excluding hydrogens is 385 g/mol. The molecule has 0 N–H and O–H groups in total. The van der Waals surface area contributed by atoms with Crippen LogP contribution in [-0.4, -0.2) is 27.4 Å². The van der Waals surface area contributed by atoms with Gasteiger partial charge in [0, 0.05) is 29.6 Å². The van der Waals surface area contributed by atoms with Crippen LogP contribution in [0.15, 0.2) is 58.0 Å². The van der Waals surface area contributed by atoms with Crippen LogP contribution in [0.1, 0.15) is 5.56 Å². The fraction of sp³-hybridized carbons (Fsp3) is 0.150. The van der Waals surface area contributed by atoms with Crippen LogP contribution in [0.3, 0.4) is 0 Å². The summed E-state index contributed by atoms with van der Waals surface area (Å²) in [5.41, 5.74) is 0.870. The highest BCUT2D eigenvalue weighted by Gasteiger charge is 2.18. The van der Waals surface area contributed by atoms with Gasteiger partial charge in [-0.3, -0.25) is 14.2 Å². The number of para-hydroxylation sites is 1. The number of nitrogens with zero attached hydrogens (tertiary/aromatic N) is 3. The third kappa shape index (κ3) is 3.14. The van der Waals surface area contributed by atoms with E-state index in [2.05, 4.69) is 4.98 Å². The number of likely N-dealkylation sites (N-methyl/N-ethyl adjacent to an activating group) is 1. The van der Waals surface area contributed by atoms with Crippen molar-refractivity contribution in [3.05, 3.63) is 75.5 Å². The van der Waals surface area contributed by atoms with E-state index in [1.807, 2.05) is 12.1 Å². The van der Waals surface area contributed by atoms with Gasteiger partial charge in [0.15, 0.2) is 0 Å². The molecule has 0 spiro atoms. The molecule has 0 bridgehead atoms. The molecule has 0 aliphatic carbocycles. The Bertz CT molecular complexity index is 1240. The number of hydrogen-bond donors (Lipinski definition) is 0. The zero-order valence-electron chi connectivity index (χ0n) is 14.9. The van der Waals surface area contributed by atoms with E-state index in [1.165, 1.54) is 35.0 Å². The molecule has 2 heterocycles. The van der Waals surface area contributed by atoms with Crippen LogP contribution < -0.4 is 5.56 Å². The third-order valence-electron chi connectivity index (χ3n) is 4.54. The summed E-state index contributed by atoms with van der Waals surface area (Å²) in [6.45, 7) is -0.263. The maximum atomic E-state index is 13.9. The molecule has 6 nitrogen and oxygen atoms in total. The molecule has 0 unspecified atom stereocenters. The van der Waals surface area contributed by atoms with E-state index >= 15 is 0 Å². The van der Waals surface area contributed by atoms with E-state index in [4.69, 9.17) is 16.0 Å². The van der Waals surface area contributed by atoms with Crippen molar-refractivity contribution in [1.82, 2.24) is 14.5 Å². The summed E-state index contributed by atoms with van der Waals surface area (Å²) in [6, 6.07) is 11.5. The SMILES string of the molecule is CN(Cc1c(F)cccc1Cl)C(=O)Cn1cnc2c(oc3ccccc32)c1=O. The normalized spacial score (nSPS) is 11.2. The van der Waals surface area contributed by atoms with E-state index in [0.29, 0.717) is 11.1 Å². The van der Waals surface area contributed by atoms with E-state index in [0.717, 1.165) is 5.39 Å². The Labute approximate surface area is 163 Å². The van der Waals surface area contributed by atoms with Gasteiger partial charge in [-0.15, -0.1) is 0 Å². The number of aromatic nitrogens is 2. The predicted molar refractivity (Wildman–Crippen MR) is 104 cm³/mol. The molecule has 8 heteroatoms. The van der Waals surface area contributed by atoms with E-state index in [9.17, 15) is 14.0 Å². The fourth-order valence-electron chi connectivity index (χ4n) is 3.00. The van der Waals surface area contributed by atoms with E-state index in [1.54, 1.807) is 18.2 Å². The standard InChI is InChI=1S/C20H15ClFN3O3/c1-24(9-13-14(21)6-4-7-15(13)22)17(26)10-25-11-23-18-12-5-2-3-8-16(12)28-19(18)20(25)27/h2-8,11H,9-10H2,1H3. The predicted octanol–water partition coefficient (Wildman–Crippen LogP) is 3.59. The van der Waals surface area contributed by atoms with Crippen LogP contribution in [0.25, 0.3) is 22.1 Å². The highest BCUT2D eigenvalue weighted by atomic mass is 35.5. The quantitative estimate of drug-likeness (QED) is 0.526. The van der Waals surface area contributed by atoms with Gasteiger partial charge >= 0.3 is 0 Å². The number of furan rings is 1. The Morgan fingerprint density at radius 3 is 2.82 bits per heavy atom. The lowest BCUT2D eigenvalue weighted by Crippen LogP contribution is -2.33. The number of carbonyl (C=O) groups is 1. The number of hydrogen-bond acceptors (Lipinski definition) is 4. The summed E-state index contributed by atoms with van der Waals surface area (Å²) in [5.74, 6) is -0.881. The first-order chi connectivity index (χ1) is 13.5. The van der Waals surface area contributed by atoms with Crippen molar-refractivity contribution in [3.8, 4) is 0 Å². The lowest BCUT2D eigenvalue weighted by molar-refractivity contribution is -0.131. The fourth-order valence-corrected chi connectivity index (χ4v) is 3.23. The summed E-state index contributed by atoms with van der Waals surface area (Å²) in [4.78, 5) is 30.8. The van der Waals surface area contributed by atoms with Crippen LogP contribution in [-0.2, 0) is 17.9 Å². The maximum absolute atomic E-state index is 13.9. The Morgan fingerprint density at radius 2 is 2.04 bits per heavy atom. The van der Waals surface area contributed by atoms with Crippen molar-refractivity contribution < 1.29 is 13.6 Å². The van der Waals surface area contributed by atoms with Crippen LogP contribution >= 0.6 is 11.6 Å². The number of benzene rings is 2. The van der Waals surface area contributed by atoms with Gasteiger partial charge in [0.1, 0.15) is 23.5 Å². The first-order valence-electron chi connectivity index (χ1n) is 8.49. The van der Waals surface area contributed by atoms with Crippen molar-refractivity contribution in [2.24, 2.45) is 0 Å². The molecule has 142 valence electrons. The van der Waals surface area contributed by atoms with Crippen LogP contribution in [0, 0.1) is 5.82 Å². The van der Waals surface area contributed by atoms with Gasteiger partial charge in [0.05, 0.1) is 6.33 Å². The monoisotopic (exact) mass is 399 g/mol. The first-order valence-corrected chi connectivity index (χ1v) is 8.87. The van der Waals surface area contributed by atoms with Crippen molar-refractivity contribution in [2.45, 2.75) is 13.1 Å². The number of halogens is 2. The number of fused-ring (bicyclic) bond motifs is 3. The Morgan fingerprint density at radius 1 is 1.25 bits per heavy atom. The Balaban J connectivity index is 1.60. The topological polar surface area (TPSA) is 68.3 Å². The van der Waals surface area contributed by atoms with Crippen molar-refractivity contribution in [1.29, 1.82) is 0 Å². The Kier molecular flexibility index (Phi) is 4.60. The second kappa shape index (κ2) is 7.09. The molecule has 0 aliphatic heterocycles. The number of amides is 1. The smallest absolute Gasteiger partial charge is 0.297 e. The summed E-state index contributed by atoms with van der Waals surface area (Å²) in [6.07, 6.45) is 1.31. The average molecular weight is 400 g/mol. The lowest BCUT2D eigenvalue weighted by Gasteiger charge is -2.18. The highest BCUT2D eigenvalue weighted by molar-refractivity contribution is 6.31. The van der Waals surface area contributed by atoms with Gasteiger partial charge < -0.3 is 9.32 Å². The maximum Gasteiger partial charge on any atom is 0.297 e. The molecule has 1 amide bonds. The van der Waals surface area contributed by atoms with Crippen LogP contribution in [0.2, 0.25) is 5.02 Å². The molecule has 28 heavy (non-hydrogen) atoms. The van der Waals surface area contributed by atoms with Gasteiger partial charge in [-0.1, -0.05) is 29.8 Å². The highest BCUT2D eigenvalue weighted by Crippen LogP contribution is 2.24. The largest absolute Gasteiger partial charge is 0.448 e. The average Bonchev–Trinajstić information content (AvgIpc) is 3.06. The van der Waals surface area contributed by atoms with Gasteiger partial charge in [-0.05, 0) is 24.3 Å². The van der Waals surface area contributed by atoms with Crippen molar-refractivity contribution in [2.75, 3.05) is 7.05 Å². The summed E-state index contributed by atoms with van der Waals surface area (Å²) in [7, 11) is 1.52. The minimum atomic E-state index is -0.491. The Hall–Kier alpha value is -3.19. The molecule has 2 aromatic heterocycles. The zero-order valence-corrected chi connectivity index (χ0v) is 15.6. The van der Waals surface area contributed by atoms with Gasteiger partial charge in [-0.2, -0.15) is 0 Å². The molecule has 0 saturated carbocycles. The molecule has 2 aromatic carbocycles. The lowest BCUT2D eigenvalue weighted by atomic mass is 10.2. The second-order valence-corrected chi connectivity index (χ2v) is 6.81. The molecule has 0 aliphatic rings. The molecular formula is C20H15ClFN3O3. The molecule has 0 radical (unpaired) electrons. The van der Waals surface area contributed by atoms with Gasteiger partial charge in [0.2, 0.25) is 11.5 Å². The minimum Gasteiger partial charge on any atom is -0.448 e. The molecule has 4 aromatic rings. The number of rotatable bonds is 4. The van der Waals surface area contributed by atoms with Crippen molar-refractivity contribution in [3.63, 3.8) is 0 Å². The van der Waals surface area contributed by atoms with Gasteiger partial charge in [0.25, 0.3) is 5.56 Å². The molecule has 0 saturated heterocycles. The summed E-state index contributed by atoms with van der Waals surface area (Å²) in [5, 5.41) is 0.974. The van der Waals surface area contributed by atoms with E-state index in [-0.39, 0.29) is 29.3 Å². The van der Waals surface area contributed by atoms with Crippen molar-refractivity contribution >= 4 is 39.6 Å². The molecule has 4 rings (SSSR count). The van der Waals surface area contributed by atoms with Crippen LogP contribution in [0.5, 0.6) is 0 Å². The minimum absolute atomic E-state index is 0.0145. The second-order valence-electron chi connectivity index (χ2n) is 6.40. The number of carbonyl (C=O) groups excluding carboxylic acids is 1. The molecule has 0 fully saturated rings. The van der Waals surface area contributed by atoms with E-state index < -0.39 is 17.3 Å². The third-order valence-corrected chi connectivity index (χ3v) is 4.89. The zero-order chi connectivity index (χ0) is 19.8. The summed E-state index contributed by atoms with van der Waals surface area (Å²) >= 11 is 6.01. The van der Waals surface area contributed by atoms with Gasteiger partial charge in [-0.25, -0.2) is 9.37 Å². The summed E-state index contributed by atoms with van der Waals surface area (Å²) < 4.78 is 20.7. The molecule has 0 atom stereocenters. The van der Waals surface area contributed by atoms with Crippen LogP contribution in [0.4, 0.5) is 4.39 Å².